The fourth-order valence-electron chi connectivity index (χ4n) is 7.19. The van der Waals surface area contributed by atoms with Gasteiger partial charge in [-0.15, -0.1) is 0 Å². The van der Waals surface area contributed by atoms with Crippen LogP contribution in [0.2, 0.25) is 0 Å². The van der Waals surface area contributed by atoms with Gasteiger partial charge in [-0.05, 0) is 76.2 Å². The summed E-state index contributed by atoms with van der Waals surface area (Å²) in [5.74, 6) is 2.18. The molecular weight excluding hydrogens is 482 g/mol. The van der Waals surface area contributed by atoms with Crippen molar-refractivity contribution in [3.05, 3.63) is 40.9 Å². The highest BCUT2D eigenvalue weighted by molar-refractivity contribution is 5.93. The smallest absolute Gasteiger partial charge is 0.322 e. The number of piperidine rings is 1. The summed E-state index contributed by atoms with van der Waals surface area (Å²) in [7, 11) is 1.67. The van der Waals surface area contributed by atoms with Crippen molar-refractivity contribution >= 4 is 22.6 Å². The minimum Gasteiger partial charge on any atom is -0.497 e. The number of aliphatic hydroxyl groups is 1. The predicted octanol–water partition coefficient (Wildman–Crippen LogP) is 4.89. The quantitative estimate of drug-likeness (QED) is 0.442. The van der Waals surface area contributed by atoms with E-state index >= 15 is 0 Å². The average molecular weight is 522 g/mol. The van der Waals surface area contributed by atoms with E-state index in [1.54, 1.807) is 14.0 Å². The number of aromatic nitrogens is 2. The number of H-pyrrole nitrogens is 1. The number of aromatic amines is 1. The minimum absolute atomic E-state index is 0.171. The Morgan fingerprint density at radius 1 is 1.26 bits per heavy atom. The topological polar surface area (TPSA) is 107 Å². The van der Waals surface area contributed by atoms with Crippen molar-refractivity contribution in [1.29, 1.82) is 0 Å². The molecule has 1 atom stereocenters. The first-order chi connectivity index (χ1) is 18.4. The van der Waals surface area contributed by atoms with Crippen molar-refractivity contribution in [2.75, 3.05) is 45.2 Å². The number of nitrogens with zero attached hydrogens (tertiary/aromatic N) is 3. The maximum Gasteiger partial charge on any atom is 0.322 e. The number of hydrogen-bond acceptors (Lipinski definition) is 6. The summed E-state index contributed by atoms with van der Waals surface area (Å²) < 4.78 is 10.8. The second-order valence-electron chi connectivity index (χ2n) is 11.5. The molecule has 2 aromatic heterocycles. The van der Waals surface area contributed by atoms with Crippen molar-refractivity contribution in [2.45, 2.75) is 63.8 Å². The highest BCUT2D eigenvalue weighted by Crippen LogP contribution is 2.49. The fraction of sp³-hybridized carbons (Fsp3) is 0.586. The Morgan fingerprint density at radius 3 is 2.68 bits per heavy atom. The molecule has 9 heteroatoms. The highest BCUT2D eigenvalue weighted by Gasteiger charge is 2.49. The minimum atomic E-state index is -0.481. The Morgan fingerprint density at radius 2 is 2.03 bits per heavy atom. The molecule has 1 aliphatic carbocycles. The van der Waals surface area contributed by atoms with Crippen molar-refractivity contribution in [3.63, 3.8) is 0 Å². The highest BCUT2D eigenvalue weighted by atomic mass is 16.5. The standard InChI is InChI=1S/C29H39N5O4/c1-18-26(19(2)38-32-18)31-28(36)34-17-29(10-12-33(13-11-29)15-20-6-4-5-7-20)25-22-9-8-21(37-3)14-23(22)30-27(25)24(34)16-35/h8-9,14,20,24,30,35H,4-7,10-13,15-17H2,1-3H3,(H,31,36)/t24-/m0/s1. The number of aliphatic hydroxyl groups excluding tert-OH is 1. The summed E-state index contributed by atoms with van der Waals surface area (Å²) in [4.78, 5) is 21.8. The molecule has 1 spiro atoms. The van der Waals surface area contributed by atoms with Gasteiger partial charge in [0.2, 0.25) is 0 Å². The maximum atomic E-state index is 13.8. The summed E-state index contributed by atoms with van der Waals surface area (Å²) in [5.41, 5.74) is 4.21. The third kappa shape index (κ3) is 4.25. The predicted molar refractivity (Wildman–Crippen MR) is 146 cm³/mol. The van der Waals surface area contributed by atoms with Crippen LogP contribution in [0.5, 0.6) is 5.75 Å². The van der Waals surface area contributed by atoms with E-state index in [9.17, 15) is 9.90 Å². The van der Waals surface area contributed by atoms with Crippen LogP contribution >= 0.6 is 0 Å². The summed E-state index contributed by atoms with van der Waals surface area (Å²) in [6.45, 7) is 7.20. The van der Waals surface area contributed by atoms with E-state index in [-0.39, 0.29) is 18.1 Å². The number of carbonyl (C=O) groups is 1. The van der Waals surface area contributed by atoms with Crippen molar-refractivity contribution in [3.8, 4) is 5.75 Å². The van der Waals surface area contributed by atoms with Crippen LogP contribution < -0.4 is 10.1 Å². The zero-order valence-electron chi connectivity index (χ0n) is 22.7. The van der Waals surface area contributed by atoms with E-state index in [4.69, 9.17) is 9.26 Å². The Hall–Kier alpha value is -3.04. The molecule has 9 nitrogen and oxygen atoms in total. The van der Waals surface area contributed by atoms with E-state index in [0.717, 1.165) is 54.2 Å². The van der Waals surface area contributed by atoms with Gasteiger partial charge >= 0.3 is 6.03 Å². The van der Waals surface area contributed by atoms with Gasteiger partial charge in [0.1, 0.15) is 17.1 Å². The molecule has 3 aromatic rings. The van der Waals surface area contributed by atoms with Crippen LogP contribution in [-0.4, -0.2) is 71.0 Å². The lowest BCUT2D eigenvalue weighted by Gasteiger charge is -2.50. The molecule has 0 unspecified atom stereocenters. The Kier molecular flexibility index (Phi) is 6.60. The molecule has 1 saturated carbocycles. The molecule has 0 bridgehead atoms. The number of ether oxygens (including phenoxy) is 1. The first-order valence-corrected chi connectivity index (χ1v) is 14.0. The number of methoxy groups -OCH3 is 1. The first kappa shape index (κ1) is 25.2. The van der Waals surface area contributed by atoms with E-state index in [1.807, 2.05) is 24.0 Å². The number of hydrogen-bond donors (Lipinski definition) is 3. The van der Waals surface area contributed by atoms with Crippen LogP contribution in [0.15, 0.2) is 22.7 Å². The molecule has 2 fully saturated rings. The molecule has 1 aromatic carbocycles. The monoisotopic (exact) mass is 521 g/mol. The van der Waals surface area contributed by atoms with Gasteiger partial charge in [0.15, 0.2) is 5.76 Å². The number of urea groups is 1. The van der Waals surface area contributed by atoms with Gasteiger partial charge in [-0.3, -0.25) is 0 Å². The number of nitrogens with one attached hydrogen (secondary N) is 2. The Bertz CT molecular complexity index is 1300. The summed E-state index contributed by atoms with van der Waals surface area (Å²) >= 11 is 0. The fourth-order valence-corrected chi connectivity index (χ4v) is 7.19. The van der Waals surface area contributed by atoms with Gasteiger partial charge in [0.05, 0.1) is 19.8 Å². The van der Waals surface area contributed by atoms with Crippen LogP contribution in [0.1, 0.15) is 67.3 Å². The van der Waals surface area contributed by atoms with Gasteiger partial charge < -0.3 is 34.5 Å². The third-order valence-electron chi connectivity index (χ3n) is 9.25. The number of aryl methyl sites for hydroxylation is 2. The Labute approximate surface area is 223 Å². The molecule has 204 valence electrons. The SMILES string of the molecule is COc1ccc2c3c([nH]c2c1)[C@H](CO)N(C(=O)Nc1c(C)noc1C)CC31CCN(CC2CCCC2)CC1. The second kappa shape index (κ2) is 9.93. The van der Waals surface area contributed by atoms with Crippen molar-refractivity contribution in [2.24, 2.45) is 5.92 Å². The number of anilines is 1. The average Bonchev–Trinajstić information content (AvgIpc) is 3.65. The molecule has 6 rings (SSSR count). The lowest BCUT2D eigenvalue weighted by Crippen LogP contribution is -2.56. The summed E-state index contributed by atoms with van der Waals surface area (Å²) in [5, 5.41) is 18.8. The molecule has 1 saturated heterocycles. The van der Waals surface area contributed by atoms with Gasteiger partial charge in [-0.2, -0.15) is 0 Å². The van der Waals surface area contributed by atoms with Crippen molar-refractivity contribution in [1.82, 2.24) is 19.9 Å². The van der Waals surface area contributed by atoms with Gasteiger partial charge in [-0.1, -0.05) is 18.0 Å². The number of rotatable bonds is 5. The molecule has 3 N–H and O–H groups in total. The molecule has 38 heavy (non-hydrogen) atoms. The number of fused-ring (bicyclic) bond motifs is 4. The van der Waals surface area contributed by atoms with Gasteiger partial charge in [-0.25, -0.2) is 4.79 Å². The third-order valence-corrected chi connectivity index (χ3v) is 9.25. The van der Waals surface area contributed by atoms with Crippen molar-refractivity contribution < 1.29 is 19.2 Å². The number of carbonyl (C=O) groups excluding carboxylic acids is 1. The zero-order valence-corrected chi connectivity index (χ0v) is 22.7. The van der Waals surface area contributed by atoms with Crippen LogP contribution in [0, 0.1) is 19.8 Å². The largest absolute Gasteiger partial charge is 0.497 e. The molecular formula is C29H39N5O4. The molecule has 4 heterocycles. The van der Waals surface area contributed by atoms with Gasteiger partial charge in [0.25, 0.3) is 0 Å². The lowest BCUT2D eigenvalue weighted by molar-refractivity contribution is 0.0685. The van der Waals surface area contributed by atoms with Crippen LogP contribution in [0.4, 0.5) is 10.5 Å². The molecule has 0 radical (unpaired) electrons. The second-order valence-corrected chi connectivity index (χ2v) is 11.5. The van der Waals surface area contributed by atoms with E-state index in [2.05, 4.69) is 26.4 Å². The molecule has 2 aliphatic heterocycles. The molecule has 2 amide bonds. The van der Waals surface area contributed by atoms with E-state index < -0.39 is 6.04 Å². The maximum absolute atomic E-state index is 13.8. The number of amides is 2. The van der Waals surface area contributed by atoms with Crippen LogP contribution in [-0.2, 0) is 5.41 Å². The van der Waals surface area contributed by atoms with Gasteiger partial charge in [0, 0.05) is 41.2 Å². The van der Waals surface area contributed by atoms with Crippen LogP contribution in [0.25, 0.3) is 10.9 Å². The number of benzene rings is 1. The lowest BCUT2D eigenvalue weighted by atomic mass is 9.68. The first-order valence-electron chi connectivity index (χ1n) is 14.0. The zero-order chi connectivity index (χ0) is 26.4. The normalized spacial score (nSPS) is 21.8. The van der Waals surface area contributed by atoms with Crippen LogP contribution in [0.3, 0.4) is 0 Å². The number of likely N-dealkylation sites (tertiary alicyclic amines) is 1. The Balaban J connectivity index is 1.37. The van der Waals surface area contributed by atoms with E-state index in [1.165, 1.54) is 37.8 Å². The summed E-state index contributed by atoms with van der Waals surface area (Å²) in [6.07, 6.45) is 7.37. The van der Waals surface area contributed by atoms with E-state index in [0.29, 0.717) is 23.7 Å². The summed E-state index contributed by atoms with van der Waals surface area (Å²) in [6, 6.07) is 5.42. The molecule has 3 aliphatic rings.